The Kier molecular flexibility index (Phi) is 3.74. The average Bonchev–Trinajstić information content (AvgIpc) is 2.26. The minimum absolute atomic E-state index is 0.551. The Hall–Kier alpha value is 0.150. The van der Waals surface area contributed by atoms with E-state index in [-0.39, 0.29) is 0 Å². The van der Waals surface area contributed by atoms with Gasteiger partial charge in [0.05, 0.1) is 0 Å². The molecule has 0 nitrogen and oxygen atoms in total. The Morgan fingerprint density at radius 2 is 1.53 bits per heavy atom. The molecule has 2 aromatic carbocycles. The second kappa shape index (κ2) is 4.68. The molecule has 0 unspecified atom stereocenters. The van der Waals surface area contributed by atoms with Crippen LogP contribution >= 0.6 is 58.0 Å². The molecule has 0 aromatic heterocycles. The first-order valence-corrected chi connectivity index (χ1v) is 6.57. The molecular weight excluding hydrogens is 321 g/mol. The maximum absolute atomic E-state index is 6.17. The third kappa shape index (κ3) is 2.47. The van der Waals surface area contributed by atoms with Crippen LogP contribution in [-0.2, 0) is 4.33 Å². The Morgan fingerprint density at radius 1 is 0.882 bits per heavy atom. The number of hydrogen-bond acceptors (Lipinski definition) is 0. The summed E-state index contributed by atoms with van der Waals surface area (Å²) < 4.78 is -3.44. The molecular formula is C12H6Cl5. The van der Waals surface area contributed by atoms with E-state index in [1.807, 2.05) is 24.3 Å². The predicted octanol–water partition coefficient (Wildman–Crippen LogP) is 5.64. The van der Waals surface area contributed by atoms with Crippen LogP contribution in [0.1, 0.15) is 5.56 Å². The summed E-state index contributed by atoms with van der Waals surface area (Å²) in [5, 5.41) is 1.68. The molecule has 2 aromatic rings. The van der Waals surface area contributed by atoms with Crippen LogP contribution in [0.25, 0.3) is 10.8 Å². The highest BCUT2D eigenvalue weighted by Gasteiger charge is 2.48. The first-order valence-electron chi connectivity index (χ1n) is 4.68. The summed E-state index contributed by atoms with van der Waals surface area (Å²) in [6.45, 7) is 0. The summed E-state index contributed by atoms with van der Waals surface area (Å²) in [6, 6.07) is 14.0. The van der Waals surface area contributed by atoms with Crippen LogP contribution in [-0.4, -0.2) is 3.79 Å². The van der Waals surface area contributed by atoms with E-state index in [2.05, 4.69) is 6.07 Å². The first kappa shape index (κ1) is 13.6. The van der Waals surface area contributed by atoms with E-state index in [1.165, 1.54) is 0 Å². The maximum Gasteiger partial charge on any atom is 0.227 e. The van der Waals surface area contributed by atoms with E-state index in [4.69, 9.17) is 58.0 Å². The van der Waals surface area contributed by atoms with E-state index >= 15 is 0 Å². The highest BCUT2D eigenvalue weighted by atomic mass is 35.6. The summed E-state index contributed by atoms with van der Waals surface area (Å²) in [5.41, 5.74) is 0.551. The van der Waals surface area contributed by atoms with E-state index < -0.39 is 8.13 Å². The second-order valence-corrected chi connectivity index (χ2v) is 7.12. The van der Waals surface area contributed by atoms with Gasteiger partial charge in [-0.15, -0.1) is 0 Å². The van der Waals surface area contributed by atoms with Crippen LogP contribution in [0, 0.1) is 6.07 Å². The Balaban J connectivity index is 2.72. The molecule has 1 radical (unpaired) electrons. The fourth-order valence-electron chi connectivity index (χ4n) is 1.57. The van der Waals surface area contributed by atoms with Crippen molar-refractivity contribution in [1.29, 1.82) is 0 Å². The van der Waals surface area contributed by atoms with Gasteiger partial charge < -0.3 is 0 Å². The topological polar surface area (TPSA) is 0 Å². The van der Waals surface area contributed by atoms with Crippen LogP contribution in [0.15, 0.2) is 36.4 Å². The molecule has 89 valence electrons. The monoisotopic (exact) mass is 325 g/mol. The van der Waals surface area contributed by atoms with Crippen LogP contribution in [0.4, 0.5) is 0 Å². The SMILES string of the molecule is ClC(Cl)(Cl)C(Cl)(Cl)c1cc[c]c2ccccc12. The quantitative estimate of drug-likeness (QED) is 0.595. The number of hydrogen-bond donors (Lipinski definition) is 0. The van der Waals surface area contributed by atoms with Crippen molar-refractivity contribution in [3.8, 4) is 0 Å². The van der Waals surface area contributed by atoms with Crippen LogP contribution < -0.4 is 0 Å². The molecule has 0 aliphatic carbocycles. The minimum atomic E-state index is -1.82. The van der Waals surface area contributed by atoms with Crippen molar-refractivity contribution in [2.24, 2.45) is 0 Å². The number of benzene rings is 2. The number of rotatable bonds is 1. The fraction of sp³-hybridized carbons (Fsp3) is 0.167. The predicted molar refractivity (Wildman–Crippen MR) is 76.5 cm³/mol. The lowest BCUT2D eigenvalue weighted by Gasteiger charge is -2.28. The van der Waals surface area contributed by atoms with E-state index in [9.17, 15) is 0 Å². The lowest BCUT2D eigenvalue weighted by molar-refractivity contribution is 0.887. The van der Waals surface area contributed by atoms with Gasteiger partial charge in [-0.25, -0.2) is 0 Å². The molecule has 0 heterocycles. The summed E-state index contributed by atoms with van der Waals surface area (Å²) in [7, 11) is 0. The van der Waals surface area contributed by atoms with Crippen molar-refractivity contribution in [3.63, 3.8) is 0 Å². The smallest absolute Gasteiger partial charge is 0.0914 e. The molecule has 0 aliphatic heterocycles. The first-order chi connectivity index (χ1) is 7.84. The molecule has 2 rings (SSSR count). The van der Waals surface area contributed by atoms with Crippen molar-refractivity contribution in [3.05, 3.63) is 48.0 Å². The van der Waals surface area contributed by atoms with Gasteiger partial charge in [0, 0.05) is 5.56 Å². The largest absolute Gasteiger partial charge is 0.227 e. The van der Waals surface area contributed by atoms with Gasteiger partial charge >= 0.3 is 0 Å². The van der Waals surface area contributed by atoms with Gasteiger partial charge in [-0.1, -0.05) is 94.4 Å². The van der Waals surface area contributed by atoms with E-state index in [1.54, 1.807) is 12.1 Å². The molecule has 0 saturated heterocycles. The molecule has 0 saturated carbocycles. The maximum atomic E-state index is 6.17. The lowest BCUT2D eigenvalue weighted by Crippen LogP contribution is -2.28. The summed E-state index contributed by atoms with van der Waals surface area (Å²) >= 11 is 29.8. The highest BCUT2D eigenvalue weighted by Crippen LogP contribution is 2.54. The molecule has 17 heavy (non-hydrogen) atoms. The Labute approximate surface area is 124 Å². The van der Waals surface area contributed by atoms with Gasteiger partial charge in [-0.2, -0.15) is 0 Å². The van der Waals surface area contributed by atoms with Crippen molar-refractivity contribution >= 4 is 68.8 Å². The zero-order chi connectivity index (χ0) is 12.7. The van der Waals surface area contributed by atoms with Crippen LogP contribution in [0.5, 0.6) is 0 Å². The third-order valence-corrected chi connectivity index (χ3v) is 4.81. The van der Waals surface area contributed by atoms with Crippen molar-refractivity contribution in [2.45, 2.75) is 8.13 Å². The summed E-state index contributed by atoms with van der Waals surface area (Å²) in [5.74, 6) is 0. The molecule has 0 atom stereocenters. The second-order valence-electron chi connectivity index (χ2n) is 3.51. The van der Waals surface area contributed by atoms with Gasteiger partial charge in [0.2, 0.25) is 3.79 Å². The summed E-state index contributed by atoms with van der Waals surface area (Å²) in [6.07, 6.45) is 0. The van der Waals surface area contributed by atoms with Crippen molar-refractivity contribution < 1.29 is 0 Å². The van der Waals surface area contributed by atoms with E-state index in [0.29, 0.717) is 5.56 Å². The Bertz CT molecular complexity index is 537. The normalized spacial score (nSPS) is 13.0. The molecule has 0 aliphatic rings. The molecule has 0 fully saturated rings. The zero-order valence-corrected chi connectivity index (χ0v) is 12.1. The number of fused-ring (bicyclic) bond motifs is 1. The average molecular weight is 327 g/mol. The van der Waals surface area contributed by atoms with Gasteiger partial charge in [-0.3, -0.25) is 0 Å². The molecule has 0 N–H and O–H groups in total. The van der Waals surface area contributed by atoms with Gasteiger partial charge in [0.1, 0.15) is 0 Å². The van der Waals surface area contributed by atoms with Gasteiger partial charge in [0.25, 0.3) is 0 Å². The van der Waals surface area contributed by atoms with Gasteiger partial charge in [-0.05, 0) is 16.8 Å². The summed E-state index contributed by atoms with van der Waals surface area (Å²) in [4.78, 5) is 0. The van der Waals surface area contributed by atoms with Crippen LogP contribution in [0.3, 0.4) is 0 Å². The third-order valence-electron chi connectivity index (χ3n) is 2.40. The highest BCUT2D eigenvalue weighted by molar-refractivity contribution is 6.75. The minimum Gasteiger partial charge on any atom is -0.0914 e. The zero-order valence-electron chi connectivity index (χ0n) is 8.35. The van der Waals surface area contributed by atoms with Crippen LogP contribution in [0.2, 0.25) is 0 Å². The lowest BCUT2D eigenvalue weighted by atomic mass is 10.0. The number of halogens is 5. The van der Waals surface area contributed by atoms with Gasteiger partial charge in [0.15, 0.2) is 4.33 Å². The van der Waals surface area contributed by atoms with E-state index in [0.717, 1.165) is 10.8 Å². The molecule has 0 amide bonds. The fourth-order valence-corrected chi connectivity index (χ4v) is 2.21. The Morgan fingerprint density at radius 3 is 2.18 bits per heavy atom. The van der Waals surface area contributed by atoms with Crippen molar-refractivity contribution in [2.75, 3.05) is 0 Å². The molecule has 0 bridgehead atoms. The van der Waals surface area contributed by atoms with Crippen molar-refractivity contribution in [1.82, 2.24) is 0 Å². The molecule has 0 spiro atoms. The number of alkyl halides is 5. The standard InChI is InChI=1S/C12H6Cl5/c13-11(14,12(15,16)17)10-7-3-5-8-4-1-2-6-9(8)10/h1-4,6-7H. The molecule has 5 heteroatoms.